The van der Waals surface area contributed by atoms with E-state index in [0.29, 0.717) is 22.3 Å². The number of aromatic nitrogens is 3. The van der Waals surface area contributed by atoms with Crippen molar-refractivity contribution < 1.29 is 18.7 Å². The first-order chi connectivity index (χ1) is 16.8. The molecule has 0 bridgehead atoms. The molecule has 2 heterocycles. The van der Waals surface area contributed by atoms with E-state index in [9.17, 15) is 14.3 Å². The number of aliphatic hydroxyl groups is 1. The second kappa shape index (κ2) is 10.0. The van der Waals surface area contributed by atoms with E-state index < -0.39 is 31.0 Å². The number of amides is 1. The lowest BCUT2D eigenvalue weighted by Crippen LogP contribution is -2.31. The lowest BCUT2D eigenvalue weighted by atomic mass is 9.99. The van der Waals surface area contributed by atoms with Crippen LogP contribution in [-0.4, -0.2) is 32.4 Å². The maximum atomic E-state index is 15.0. The molecule has 4 N–H and O–H groups in total. The maximum Gasteiger partial charge on any atom is 0.254 e. The lowest BCUT2D eigenvalue weighted by molar-refractivity contribution is 0.0912. The number of nitrogens with one attached hydrogen (secondary N) is 1. The highest BCUT2D eigenvalue weighted by Crippen LogP contribution is 2.31. The van der Waals surface area contributed by atoms with Crippen molar-refractivity contribution in [1.82, 2.24) is 20.1 Å². The van der Waals surface area contributed by atoms with Gasteiger partial charge >= 0.3 is 0 Å². The van der Waals surface area contributed by atoms with Crippen LogP contribution in [0.1, 0.15) is 33.2 Å². The van der Waals surface area contributed by atoms with E-state index in [0.717, 1.165) is 16.8 Å². The highest BCUT2D eigenvalue weighted by molar-refractivity contribution is 5.95. The van der Waals surface area contributed by atoms with Crippen LogP contribution in [0.25, 0.3) is 22.3 Å². The van der Waals surface area contributed by atoms with E-state index in [1.165, 1.54) is 12.1 Å². The molecule has 0 aliphatic carbocycles. The molecule has 35 heavy (non-hydrogen) atoms. The van der Waals surface area contributed by atoms with E-state index in [4.69, 9.17) is 5.73 Å². The molecular weight excluding hydrogens is 452 g/mol. The maximum absolute atomic E-state index is 15.0. The number of nitrogens with two attached hydrogens (primary N) is 1. The van der Waals surface area contributed by atoms with Gasteiger partial charge < -0.3 is 16.2 Å². The SMILES string of the molecule is Cc1nn(C)cc1-c1cnc(N)c(-c2ccc(C(=O)NC(CO)c3cccc(CF)c3)c(F)c2)c1. The van der Waals surface area contributed by atoms with Crippen molar-refractivity contribution in [2.45, 2.75) is 19.6 Å². The number of benzene rings is 2. The normalized spacial score (nSPS) is 11.9. The zero-order valence-electron chi connectivity index (χ0n) is 19.3. The number of aryl methyl sites for hydroxylation is 2. The number of pyridine rings is 1. The molecule has 180 valence electrons. The Labute approximate surface area is 201 Å². The average molecular weight is 478 g/mol. The Kier molecular flexibility index (Phi) is 6.88. The van der Waals surface area contributed by atoms with Crippen LogP contribution in [0.5, 0.6) is 0 Å². The molecule has 0 saturated carbocycles. The van der Waals surface area contributed by atoms with Crippen molar-refractivity contribution in [2.75, 3.05) is 12.3 Å². The minimum absolute atomic E-state index is 0.195. The molecule has 0 fully saturated rings. The van der Waals surface area contributed by atoms with Gasteiger partial charge in [0.05, 0.1) is 23.9 Å². The molecule has 7 nitrogen and oxygen atoms in total. The van der Waals surface area contributed by atoms with E-state index in [1.807, 2.05) is 20.2 Å². The molecule has 0 saturated heterocycles. The number of anilines is 1. The summed E-state index contributed by atoms with van der Waals surface area (Å²) in [5.41, 5.74) is 10.3. The molecule has 1 atom stereocenters. The van der Waals surface area contributed by atoms with Gasteiger partial charge in [0.15, 0.2) is 0 Å². The highest BCUT2D eigenvalue weighted by atomic mass is 19.1. The number of nitrogen functional groups attached to an aromatic ring is 1. The van der Waals surface area contributed by atoms with Gasteiger partial charge in [0.2, 0.25) is 0 Å². The van der Waals surface area contributed by atoms with E-state index in [2.05, 4.69) is 15.4 Å². The standard InChI is InChI=1S/C26H25F2N5O2/c1-15-22(13-33(2)32-15)19-9-21(25(29)30-12-19)17-6-7-20(23(28)10-17)26(35)31-24(14-34)18-5-3-4-16(8-18)11-27/h3-10,12-13,24,34H,11,14H2,1-2H3,(H2,29,30)(H,31,35). The summed E-state index contributed by atoms with van der Waals surface area (Å²) in [4.78, 5) is 17.0. The number of carbonyl (C=O) groups is 1. The predicted molar refractivity (Wildman–Crippen MR) is 130 cm³/mol. The van der Waals surface area contributed by atoms with Crippen LogP contribution in [0, 0.1) is 12.7 Å². The van der Waals surface area contributed by atoms with Crippen LogP contribution >= 0.6 is 0 Å². The third kappa shape index (κ3) is 5.04. The molecule has 0 aliphatic heterocycles. The van der Waals surface area contributed by atoms with Crippen molar-refractivity contribution in [3.05, 3.63) is 89.1 Å². The fraction of sp³-hybridized carbons (Fsp3) is 0.192. The van der Waals surface area contributed by atoms with Crippen molar-refractivity contribution >= 4 is 11.7 Å². The molecule has 0 spiro atoms. The Hall–Kier alpha value is -4.11. The third-order valence-electron chi connectivity index (χ3n) is 5.76. The number of aliphatic hydroxyl groups excluding tert-OH is 1. The molecule has 1 unspecified atom stereocenters. The van der Waals surface area contributed by atoms with Crippen LogP contribution in [-0.2, 0) is 13.7 Å². The number of hydrogen-bond acceptors (Lipinski definition) is 5. The quantitative estimate of drug-likeness (QED) is 0.371. The largest absolute Gasteiger partial charge is 0.394 e. The molecular formula is C26H25F2N5O2. The zero-order chi connectivity index (χ0) is 25.1. The second-order valence-corrected chi connectivity index (χ2v) is 8.24. The van der Waals surface area contributed by atoms with Gasteiger partial charge in [0.1, 0.15) is 18.3 Å². The molecule has 2 aromatic carbocycles. The molecule has 2 aromatic heterocycles. The van der Waals surface area contributed by atoms with Gasteiger partial charge in [-0.25, -0.2) is 13.8 Å². The first kappa shape index (κ1) is 24.0. The Morgan fingerprint density at radius 3 is 2.63 bits per heavy atom. The fourth-order valence-electron chi connectivity index (χ4n) is 3.97. The molecule has 4 rings (SSSR count). The van der Waals surface area contributed by atoms with E-state index >= 15 is 4.39 Å². The number of nitrogens with zero attached hydrogens (tertiary/aromatic N) is 3. The highest BCUT2D eigenvalue weighted by Gasteiger charge is 2.19. The summed E-state index contributed by atoms with van der Waals surface area (Å²) in [5, 5.41) is 16.7. The van der Waals surface area contributed by atoms with E-state index in [-0.39, 0.29) is 11.4 Å². The third-order valence-corrected chi connectivity index (χ3v) is 5.76. The van der Waals surface area contributed by atoms with Crippen LogP contribution in [0.4, 0.5) is 14.6 Å². The van der Waals surface area contributed by atoms with Crippen LogP contribution < -0.4 is 11.1 Å². The number of rotatable bonds is 7. The minimum atomic E-state index is -0.813. The number of halogens is 2. The lowest BCUT2D eigenvalue weighted by Gasteiger charge is -2.18. The topological polar surface area (TPSA) is 106 Å². The van der Waals surface area contributed by atoms with Gasteiger partial charge in [0.25, 0.3) is 5.91 Å². The van der Waals surface area contributed by atoms with Crippen molar-refractivity contribution in [3.8, 4) is 22.3 Å². The minimum Gasteiger partial charge on any atom is -0.394 e. The summed E-state index contributed by atoms with van der Waals surface area (Å²) in [6.45, 7) is 0.783. The monoisotopic (exact) mass is 477 g/mol. The fourth-order valence-corrected chi connectivity index (χ4v) is 3.97. The van der Waals surface area contributed by atoms with Gasteiger partial charge in [-0.3, -0.25) is 9.48 Å². The summed E-state index contributed by atoms with van der Waals surface area (Å²) in [6, 6.07) is 11.6. The van der Waals surface area contributed by atoms with Gasteiger partial charge in [-0.1, -0.05) is 30.3 Å². The van der Waals surface area contributed by atoms with Crippen LogP contribution in [0.3, 0.4) is 0 Å². The average Bonchev–Trinajstić information content (AvgIpc) is 3.20. The van der Waals surface area contributed by atoms with Gasteiger partial charge in [0, 0.05) is 36.1 Å². The molecule has 9 heteroatoms. The number of carbonyl (C=O) groups excluding carboxylic acids is 1. The van der Waals surface area contributed by atoms with Gasteiger partial charge in [-0.2, -0.15) is 5.10 Å². The summed E-state index contributed by atoms with van der Waals surface area (Å²) in [7, 11) is 1.82. The second-order valence-electron chi connectivity index (χ2n) is 8.24. The van der Waals surface area contributed by atoms with Crippen molar-refractivity contribution in [3.63, 3.8) is 0 Å². The van der Waals surface area contributed by atoms with E-state index in [1.54, 1.807) is 47.3 Å². The Morgan fingerprint density at radius 1 is 1.17 bits per heavy atom. The first-order valence-corrected chi connectivity index (χ1v) is 10.9. The number of hydrogen-bond donors (Lipinski definition) is 3. The van der Waals surface area contributed by atoms with Crippen molar-refractivity contribution in [1.29, 1.82) is 0 Å². The molecule has 0 aliphatic rings. The smallest absolute Gasteiger partial charge is 0.254 e. The van der Waals surface area contributed by atoms with Crippen molar-refractivity contribution in [2.24, 2.45) is 7.05 Å². The Morgan fingerprint density at radius 2 is 1.97 bits per heavy atom. The summed E-state index contributed by atoms with van der Waals surface area (Å²) < 4.78 is 29.7. The number of alkyl halides is 1. The Balaban J connectivity index is 1.60. The molecule has 4 aromatic rings. The van der Waals surface area contributed by atoms with Crippen LogP contribution in [0.2, 0.25) is 0 Å². The summed E-state index contributed by atoms with van der Waals surface area (Å²) in [6.07, 6.45) is 3.50. The Bertz CT molecular complexity index is 1390. The van der Waals surface area contributed by atoms with Gasteiger partial charge in [-0.15, -0.1) is 0 Å². The summed E-state index contributed by atoms with van der Waals surface area (Å²) >= 11 is 0. The molecule has 1 amide bonds. The first-order valence-electron chi connectivity index (χ1n) is 10.9. The molecule has 0 radical (unpaired) electrons. The zero-order valence-corrected chi connectivity index (χ0v) is 19.3. The summed E-state index contributed by atoms with van der Waals surface area (Å²) in [5.74, 6) is -1.24. The van der Waals surface area contributed by atoms with Crippen LogP contribution in [0.15, 0.2) is 60.9 Å². The van der Waals surface area contributed by atoms with Gasteiger partial charge in [-0.05, 0) is 41.8 Å². The predicted octanol–water partition coefficient (Wildman–Crippen LogP) is 4.11.